The minimum absolute atomic E-state index is 0.0112. The van der Waals surface area contributed by atoms with E-state index in [-0.39, 0.29) is 17.8 Å². The van der Waals surface area contributed by atoms with Gasteiger partial charge in [0.2, 0.25) is 0 Å². The van der Waals surface area contributed by atoms with Gasteiger partial charge in [0, 0.05) is 38.0 Å². The standard InChI is InChI=1S/C18H30N2O7Si/c1-5-25-28(26-6-2,27-7-3)15(4)12-13-19-18(21)24-14-16-10-8-9-11-17(16)20(22)23/h8-11,15H,5-7,12-14H2,1-4H3,(H,19,21). The largest absolute Gasteiger partial charge is 0.503 e. The first-order chi connectivity index (χ1) is 13.4. The number of hydrogen-bond donors (Lipinski definition) is 1. The quantitative estimate of drug-likeness (QED) is 0.298. The molecule has 10 heteroatoms. The monoisotopic (exact) mass is 414 g/mol. The average molecular weight is 415 g/mol. The number of nitrogens with zero attached hydrogens (tertiary/aromatic N) is 1. The Labute approximate surface area is 166 Å². The molecule has 9 nitrogen and oxygen atoms in total. The van der Waals surface area contributed by atoms with Crippen LogP contribution in [0.1, 0.15) is 39.7 Å². The normalized spacial score (nSPS) is 12.4. The molecule has 0 aliphatic carbocycles. The Hall–Kier alpha value is -2.01. The zero-order chi connectivity index (χ0) is 21.0. The van der Waals surface area contributed by atoms with Gasteiger partial charge in [-0.25, -0.2) is 4.79 Å². The fourth-order valence-corrected chi connectivity index (χ4v) is 5.54. The SMILES string of the molecule is CCO[Si](OCC)(OCC)C(C)CCNC(=O)OCc1ccccc1[N+](=O)[O-]. The molecule has 1 rings (SSSR count). The van der Waals surface area contributed by atoms with Gasteiger partial charge in [-0.2, -0.15) is 0 Å². The molecule has 0 bridgehead atoms. The number of nitro benzene ring substituents is 1. The first-order valence-corrected chi connectivity index (χ1v) is 11.2. The Kier molecular flexibility index (Phi) is 10.7. The van der Waals surface area contributed by atoms with Crippen molar-refractivity contribution < 1.29 is 27.7 Å². The van der Waals surface area contributed by atoms with E-state index in [2.05, 4.69) is 5.32 Å². The summed E-state index contributed by atoms with van der Waals surface area (Å²) in [5.74, 6) is 0. The van der Waals surface area contributed by atoms with Crippen LogP contribution in [0.3, 0.4) is 0 Å². The number of carbonyl (C=O) groups excluding carboxylic acids is 1. The Balaban J connectivity index is 2.53. The lowest BCUT2D eigenvalue weighted by molar-refractivity contribution is -0.385. The van der Waals surface area contributed by atoms with Gasteiger partial charge in [0.25, 0.3) is 5.69 Å². The Bertz CT molecular complexity index is 613. The minimum Gasteiger partial charge on any atom is -0.444 e. The summed E-state index contributed by atoms with van der Waals surface area (Å²) in [4.78, 5) is 22.4. The summed E-state index contributed by atoms with van der Waals surface area (Å²) in [6.45, 7) is 9.30. The third-order valence-corrected chi connectivity index (χ3v) is 7.60. The van der Waals surface area contributed by atoms with Crippen molar-refractivity contribution in [2.75, 3.05) is 26.4 Å². The molecule has 0 fully saturated rings. The van der Waals surface area contributed by atoms with E-state index in [1.807, 2.05) is 27.7 Å². The number of nitro groups is 1. The summed E-state index contributed by atoms with van der Waals surface area (Å²) in [5.41, 5.74) is 0.249. The number of carbonyl (C=O) groups is 1. The molecule has 0 aromatic heterocycles. The topological polar surface area (TPSA) is 109 Å². The smallest absolute Gasteiger partial charge is 0.444 e. The van der Waals surface area contributed by atoms with Crippen molar-refractivity contribution in [3.05, 3.63) is 39.9 Å². The van der Waals surface area contributed by atoms with Crippen molar-refractivity contribution in [3.63, 3.8) is 0 Å². The Morgan fingerprint density at radius 1 is 1.14 bits per heavy atom. The van der Waals surface area contributed by atoms with Gasteiger partial charge >= 0.3 is 14.9 Å². The van der Waals surface area contributed by atoms with Gasteiger partial charge in [0.1, 0.15) is 6.61 Å². The average Bonchev–Trinajstić information content (AvgIpc) is 2.67. The molecule has 0 radical (unpaired) electrons. The molecule has 0 heterocycles. The summed E-state index contributed by atoms with van der Waals surface area (Å²) in [5, 5.41) is 13.6. The van der Waals surface area contributed by atoms with Gasteiger partial charge in [-0.1, -0.05) is 19.1 Å². The van der Waals surface area contributed by atoms with Gasteiger partial charge in [-0.15, -0.1) is 0 Å². The van der Waals surface area contributed by atoms with Crippen molar-refractivity contribution in [3.8, 4) is 0 Å². The number of alkyl carbamates (subject to hydrolysis) is 1. The first kappa shape index (κ1) is 24.0. The summed E-state index contributed by atoms with van der Waals surface area (Å²) in [7, 11) is -2.83. The van der Waals surface area contributed by atoms with E-state index in [1.54, 1.807) is 18.2 Å². The second kappa shape index (κ2) is 12.4. The van der Waals surface area contributed by atoms with Gasteiger partial charge in [-0.3, -0.25) is 10.1 Å². The number of rotatable bonds is 13. The fourth-order valence-electron chi connectivity index (χ4n) is 2.73. The van der Waals surface area contributed by atoms with Crippen molar-refractivity contribution in [2.24, 2.45) is 0 Å². The lowest BCUT2D eigenvalue weighted by atomic mass is 10.2. The van der Waals surface area contributed by atoms with Crippen LogP contribution >= 0.6 is 0 Å². The number of ether oxygens (including phenoxy) is 1. The van der Waals surface area contributed by atoms with Gasteiger partial charge in [0.15, 0.2) is 0 Å². The molecule has 1 atom stereocenters. The third kappa shape index (κ3) is 7.19. The van der Waals surface area contributed by atoms with Crippen LogP contribution in [-0.2, 0) is 24.6 Å². The van der Waals surface area contributed by atoms with Crippen LogP contribution < -0.4 is 5.32 Å². The van der Waals surface area contributed by atoms with E-state index in [4.69, 9.17) is 18.0 Å². The number of benzene rings is 1. The van der Waals surface area contributed by atoms with E-state index < -0.39 is 19.8 Å². The molecule has 1 unspecified atom stereocenters. The van der Waals surface area contributed by atoms with Crippen molar-refractivity contribution >= 4 is 20.6 Å². The zero-order valence-electron chi connectivity index (χ0n) is 16.9. The first-order valence-electron chi connectivity index (χ1n) is 9.44. The maximum atomic E-state index is 11.9. The predicted molar refractivity (Wildman–Crippen MR) is 106 cm³/mol. The van der Waals surface area contributed by atoms with Crippen molar-refractivity contribution in [1.29, 1.82) is 0 Å². The molecule has 0 aliphatic rings. The zero-order valence-corrected chi connectivity index (χ0v) is 17.9. The van der Waals surface area contributed by atoms with E-state index in [0.717, 1.165) is 0 Å². The molecule has 1 aromatic rings. The van der Waals surface area contributed by atoms with Crippen LogP contribution in [0.25, 0.3) is 0 Å². The van der Waals surface area contributed by atoms with Crippen LogP contribution in [0.2, 0.25) is 5.54 Å². The van der Waals surface area contributed by atoms with Crippen molar-refractivity contribution in [1.82, 2.24) is 5.32 Å². The lowest BCUT2D eigenvalue weighted by Gasteiger charge is -2.33. The highest BCUT2D eigenvalue weighted by molar-refractivity contribution is 6.62. The molecule has 0 spiro atoms. The Morgan fingerprint density at radius 2 is 1.71 bits per heavy atom. The molecular weight excluding hydrogens is 384 g/mol. The highest BCUT2D eigenvalue weighted by Gasteiger charge is 2.46. The van der Waals surface area contributed by atoms with E-state index in [0.29, 0.717) is 38.3 Å². The van der Waals surface area contributed by atoms with Crippen LogP contribution in [0.4, 0.5) is 10.5 Å². The van der Waals surface area contributed by atoms with E-state index >= 15 is 0 Å². The molecular formula is C18H30N2O7Si. The molecule has 1 aromatic carbocycles. The molecule has 1 N–H and O–H groups in total. The number of hydrogen-bond acceptors (Lipinski definition) is 7. The van der Waals surface area contributed by atoms with Gasteiger partial charge in [-0.05, 0) is 33.3 Å². The fraction of sp³-hybridized carbons (Fsp3) is 0.611. The Morgan fingerprint density at radius 3 is 2.25 bits per heavy atom. The molecule has 28 heavy (non-hydrogen) atoms. The number of nitrogens with one attached hydrogen (secondary N) is 1. The number of para-hydroxylation sites is 1. The highest BCUT2D eigenvalue weighted by Crippen LogP contribution is 2.28. The summed E-state index contributed by atoms with van der Waals surface area (Å²) in [6, 6.07) is 6.15. The number of amides is 1. The summed E-state index contributed by atoms with van der Waals surface area (Å²) in [6.07, 6.45) is -0.0471. The highest BCUT2D eigenvalue weighted by atomic mass is 28.4. The second-order valence-electron chi connectivity index (χ2n) is 5.98. The van der Waals surface area contributed by atoms with E-state index in [1.165, 1.54) is 6.07 Å². The molecule has 158 valence electrons. The predicted octanol–water partition coefficient (Wildman–Crippen LogP) is 3.65. The van der Waals surface area contributed by atoms with Crippen LogP contribution in [0.15, 0.2) is 24.3 Å². The molecule has 0 aliphatic heterocycles. The van der Waals surface area contributed by atoms with Gasteiger partial charge in [0.05, 0.1) is 10.5 Å². The maximum absolute atomic E-state index is 11.9. The van der Waals surface area contributed by atoms with Crippen molar-refractivity contribution in [2.45, 2.75) is 46.3 Å². The van der Waals surface area contributed by atoms with Gasteiger partial charge < -0.3 is 23.3 Å². The van der Waals surface area contributed by atoms with Crippen LogP contribution in [-0.4, -0.2) is 46.2 Å². The molecule has 1 amide bonds. The van der Waals surface area contributed by atoms with Crippen LogP contribution in [0.5, 0.6) is 0 Å². The third-order valence-electron chi connectivity index (χ3n) is 4.03. The van der Waals surface area contributed by atoms with E-state index in [9.17, 15) is 14.9 Å². The van der Waals surface area contributed by atoms with Crippen LogP contribution in [0, 0.1) is 10.1 Å². The summed E-state index contributed by atoms with van der Waals surface area (Å²) >= 11 is 0. The molecule has 0 saturated carbocycles. The lowest BCUT2D eigenvalue weighted by Crippen LogP contribution is -2.50. The summed E-state index contributed by atoms with van der Waals surface area (Å²) < 4.78 is 22.7. The minimum atomic E-state index is -2.83. The maximum Gasteiger partial charge on any atom is 0.503 e. The second-order valence-corrected chi connectivity index (χ2v) is 9.04. The molecule has 0 saturated heterocycles.